The molecule has 0 bridgehead atoms. The van der Waals surface area contributed by atoms with Gasteiger partial charge in [0, 0.05) is 26.1 Å². The van der Waals surface area contributed by atoms with Crippen molar-refractivity contribution in [2.45, 2.75) is 31.7 Å². The van der Waals surface area contributed by atoms with Crippen molar-refractivity contribution in [3.8, 4) is 5.75 Å². The van der Waals surface area contributed by atoms with Crippen LogP contribution in [0, 0.1) is 6.92 Å². The Hall–Kier alpha value is -1.10. The Morgan fingerprint density at radius 3 is 2.72 bits per heavy atom. The summed E-state index contributed by atoms with van der Waals surface area (Å²) in [5.74, 6) is 0.978. The molecule has 4 heteroatoms. The van der Waals surface area contributed by atoms with E-state index in [4.69, 9.17) is 4.74 Å². The van der Waals surface area contributed by atoms with Gasteiger partial charge in [0.15, 0.2) is 0 Å². The Bertz CT molecular complexity index is 439. The van der Waals surface area contributed by atoms with Gasteiger partial charge in [-0.15, -0.1) is 0 Å². The second kappa shape index (κ2) is 4.53. The first-order chi connectivity index (χ1) is 8.61. The van der Waals surface area contributed by atoms with Crippen molar-refractivity contribution in [2.24, 2.45) is 0 Å². The monoisotopic (exact) mass is 249 g/mol. The van der Waals surface area contributed by atoms with Crippen LogP contribution in [-0.4, -0.2) is 53.1 Å². The SMILES string of the molecule is Cc1ccc2c(c1)CC(CN1C[C@@H](O)[C@@H](O)C1)O2. The van der Waals surface area contributed by atoms with Crippen LogP contribution in [0.3, 0.4) is 0 Å². The van der Waals surface area contributed by atoms with E-state index in [-0.39, 0.29) is 6.10 Å². The zero-order valence-electron chi connectivity index (χ0n) is 10.5. The summed E-state index contributed by atoms with van der Waals surface area (Å²) >= 11 is 0. The topological polar surface area (TPSA) is 52.9 Å². The number of hydrogen-bond donors (Lipinski definition) is 2. The molecule has 4 nitrogen and oxygen atoms in total. The molecule has 1 saturated heterocycles. The summed E-state index contributed by atoms with van der Waals surface area (Å²) in [5.41, 5.74) is 2.52. The highest BCUT2D eigenvalue weighted by molar-refractivity contribution is 5.40. The first kappa shape index (κ1) is 12.0. The summed E-state index contributed by atoms with van der Waals surface area (Å²) in [4.78, 5) is 2.07. The van der Waals surface area contributed by atoms with E-state index in [2.05, 4.69) is 24.0 Å². The average molecular weight is 249 g/mol. The number of β-amino-alcohol motifs (C(OH)–C–C–N with tert-alkyl or cyclic N) is 2. The fourth-order valence-electron chi connectivity index (χ4n) is 2.84. The van der Waals surface area contributed by atoms with Gasteiger partial charge in [0.2, 0.25) is 0 Å². The zero-order valence-corrected chi connectivity index (χ0v) is 10.5. The van der Waals surface area contributed by atoms with E-state index < -0.39 is 12.2 Å². The molecule has 18 heavy (non-hydrogen) atoms. The normalized spacial score (nSPS) is 31.4. The van der Waals surface area contributed by atoms with Crippen LogP contribution >= 0.6 is 0 Å². The molecular formula is C14H19NO3. The Labute approximate surface area is 107 Å². The Morgan fingerprint density at radius 1 is 1.28 bits per heavy atom. The number of ether oxygens (including phenoxy) is 1. The summed E-state index contributed by atoms with van der Waals surface area (Å²) in [6.45, 7) is 3.93. The number of aliphatic hydroxyl groups excluding tert-OH is 2. The van der Waals surface area contributed by atoms with Crippen molar-refractivity contribution < 1.29 is 14.9 Å². The number of nitrogens with zero attached hydrogens (tertiary/aromatic N) is 1. The number of fused-ring (bicyclic) bond motifs is 1. The molecular weight excluding hydrogens is 230 g/mol. The zero-order chi connectivity index (χ0) is 12.7. The van der Waals surface area contributed by atoms with Crippen LogP contribution in [0.25, 0.3) is 0 Å². The highest BCUT2D eigenvalue weighted by Crippen LogP contribution is 2.30. The minimum absolute atomic E-state index is 0.138. The standard InChI is InChI=1S/C14H19NO3/c1-9-2-3-14-10(4-9)5-11(18-14)6-15-7-12(16)13(17)8-15/h2-4,11-13,16-17H,5-8H2,1H3/t11?,12-,13+. The van der Waals surface area contributed by atoms with Crippen LogP contribution in [0.2, 0.25) is 0 Å². The van der Waals surface area contributed by atoms with Gasteiger partial charge < -0.3 is 14.9 Å². The Kier molecular flexibility index (Phi) is 3.01. The highest BCUT2D eigenvalue weighted by atomic mass is 16.5. The summed E-state index contributed by atoms with van der Waals surface area (Å²) < 4.78 is 5.89. The van der Waals surface area contributed by atoms with Crippen LogP contribution < -0.4 is 4.74 Å². The van der Waals surface area contributed by atoms with Crippen LogP contribution in [-0.2, 0) is 6.42 Å². The van der Waals surface area contributed by atoms with Crippen molar-refractivity contribution in [2.75, 3.05) is 19.6 Å². The van der Waals surface area contributed by atoms with Gasteiger partial charge in [0.25, 0.3) is 0 Å². The molecule has 98 valence electrons. The number of benzene rings is 1. The maximum atomic E-state index is 9.52. The predicted molar refractivity (Wildman–Crippen MR) is 67.8 cm³/mol. The maximum Gasteiger partial charge on any atom is 0.123 e. The third-order valence-corrected chi connectivity index (χ3v) is 3.75. The summed E-state index contributed by atoms with van der Waals surface area (Å²) in [6, 6.07) is 6.26. The van der Waals surface area contributed by atoms with E-state index in [1.165, 1.54) is 11.1 Å². The molecule has 3 rings (SSSR count). The molecule has 2 N–H and O–H groups in total. The van der Waals surface area contributed by atoms with E-state index in [1.54, 1.807) is 0 Å². The fraction of sp³-hybridized carbons (Fsp3) is 0.571. The molecule has 2 heterocycles. The molecule has 0 amide bonds. The number of rotatable bonds is 2. The Balaban J connectivity index is 1.61. The van der Waals surface area contributed by atoms with Gasteiger partial charge in [-0.1, -0.05) is 17.7 Å². The summed E-state index contributed by atoms with van der Waals surface area (Å²) in [6.07, 6.45) is -0.175. The third-order valence-electron chi connectivity index (χ3n) is 3.75. The van der Waals surface area contributed by atoms with Crippen molar-refractivity contribution in [3.63, 3.8) is 0 Å². The van der Waals surface area contributed by atoms with Gasteiger partial charge in [-0.2, -0.15) is 0 Å². The maximum absolute atomic E-state index is 9.52. The smallest absolute Gasteiger partial charge is 0.123 e. The summed E-state index contributed by atoms with van der Waals surface area (Å²) in [5, 5.41) is 19.0. The lowest BCUT2D eigenvalue weighted by Crippen LogP contribution is -2.34. The lowest BCUT2D eigenvalue weighted by atomic mass is 10.1. The van der Waals surface area contributed by atoms with Crippen LogP contribution in [0.5, 0.6) is 5.75 Å². The van der Waals surface area contributed by atoms with E-state index in [9.17, 15) is 10.2 Å². The molecule has 1 aromatic rings. The highest BCUT2D eigenvalue weighted by Gasteiger charge is 2.33. The van der Waals surface area contributed by atoms with Crippen LogP contribution in [0.4, 0.5) is 0 Å². The number of likely N-dealkylation sites (tertiary alicyclic amines) is 1. The molecule has 0 saturated carbocycles. The number of aliphatic hydroxyl groups is 2. The number of hydrogen-bond acceptors (Lipinski definition) is 4. The second-order valence-electron chi connectivity index (χ2n) is 5.41. The van der Waals surface area contributed by atoms with Crippen molar-refractivity contribution in [1.82, 2.24) is 4.90 Å². The number of aryl methyl sites for hydroxylation is 1. The first-order valence-corrected chi connectivity index (χ1v) is 6.46. The molecule has 0 aliphatic carbocycles. The molecule has 1 unspecified atom stereocenters. The fourth-order valence-corrected chi connectivity index (χ4v) is 2.84. The van der Waals surface area contributed by atoms with Crippen LogP contribution in [0.15, 0.2) is 18.2 Å². The minimum Gasteiger partial charge on any atom is -0.488 e. The van der Waals surface area contributed by atoms with Gasteiger partial charge in [-0.3, -0.25) is 4.90 Å². The quantitative estimate of drug-likeness (QED) is 0.793. The average Bonchev–Trinajstić information content (AvgIpc) is 2.82. The molecule has 1 aromatic carbocycles. The Morgan fingerprint density at radius 2 is 2.00 bits per heavy atom. The van der Waals surface area contributed by atoms with E-state index in [0.29, 0.717) is 13.1 Å². The predicted octanol–water partition coefficient (Wildman–Crippen LogP) is 0.336. The summed E-state index contributed by atoms with van der Waals surface area (Å²) in [7, 11) is 0. The van der Waals surface area contributed by atoms with E-state index in [1.807, 2.05) is 6.07 Å². The third kappa shape index (κ3) is 2.23. The van der Waals surface area contributed by atoms with Gasteiger partial charge in [-0.25, -0.2) is 0 Å². The van der Waals surface area contributed by atoms with Crippen molar-refractivity contribution in [3.05, 3.63) is 29.3 Å². The molecule has 2 aliphatic rings. The van der Waals surface area contributed by atoms with Gasteiger partial charge in [-0.05, 0) is 18.6 Å². The largest absolute Gasteiger partial charge is 0.488 e. The van der Waals surface area contributed by atoms with Crippen LogP contribution in [0.1, 0.15) is 11.1 Å². The van der Waals surface area contributed by atoms with E-state index in [0.717, 1.165) is 18.7 Å². The molecule has 2 aliphatic heterocycles. The van der Waals surface area contributed by atoms with Gasteiger partial charge in [0.1, 0.15) is 11.9 Å². The van der Waals surface area contributed by atoms with Gasteiger partial charge >= 0.3 is 0 Å². The molecule has 0 radical (unpaired) electrons. The molecule has 1 fully saturated rings. The molecule has 3 atom stereocenters. The lowest BCUT2D eigenvalue weighted by molar-refractivity contribution is 0.0572. The van der Waals surface area contributed by atoms with E-state index >= 15 is 0 Å². The minimum atomic E-state index is -0.615. The van der Waals surface area contributed by atoms with Gasteiger partial charge in [0.05, 0.1) is 12.2 Å². The molecule has 0 aromatic heterocycles. The first-order valence-electron chi connectivity index (χ1n) is 6.46. The lowest BCUT2D eigenvalue weighted by Gasteiger charge is -2.19. The van der Waals surface area contributed by atoms with Crippen molar-refractivity contribution in [1.29, 1.82) is 0 Å². The second-order valence-corrected chi connectivity index (χ2v) is 5.41. The molecule has 0 spiro atoms. The van der Waals surface area contributed by atoms with Crippen molar-refractivity contribution >= 4 is 0 Å².